The van der Waals surface area contributed by atoms with Crippen molar-refractivity contribution in [3.05, 3.63) is 174 Å². The average molecular weight is 483 g/mol. The van der Waals surface area contributed by atoms with Crippen molar-refractivity contribution in [3.63, 3.8) is 0 Å². The van der Waals surface area contributed by atoms with Gasteiger partial charge in [0.2, 0.25) is 0 Å². The largest absolute Gasteiger partial charge is 0.384 e. The Kier molecular flexibility index (Phi) is 7.14. The van der Waals surface area contributed by atoms with E-state index in [1.807, 2.05) is 36.4 Å². The third kappa shape index (κ3) is 4.90. The van der Waals surface area contributed by atoms with Crippen LogP contribution in [-0.4, -0.2) is 10.2 Å². The van der Waals surface area contributed by atoms with Crippen LogP contribution in [0.5, 0.6) is 0 Å². The van der Waals surface area contributed by atoms with E-state index in [0.717, 1.165) is 27.8 Å². The molecule has 0 radical (unpaired) electrons. The van der Waals surface area contributed by atoms with E-state index in [0.29, 0.717) is 0 Å². The lowest BCUT2D eigenvalue weighted by atomic mass is 9.81. The van der Waals surface area contributed by atoms with Gasteiger partial charge in [0.1, 0.15) is 0 Å². The minimum absolute atomic E-state index is 0.0345. The molecule has 2 N–H and O–H groups in total. The van der Waals surface area contributed by atoms with Crippen LogP contribution in [0.4, 0.5) is 0 Å². The Labute approximate surface area is 218 Å². The predicted octanol–water partition coefficient (Wildman–Crippen LogP) is 7.92. The van der Waals surface area contributed by atoms with Crippen LogP contribution in [0.3, 0.4) is 0 Å². The highest BCUT2D eigenvalue weighted by atomic mass is 16.3. The summed E-state index contributed by atoms with van der Waals surface area (Å²) in [5, 5.41) is 20.4. The smallest absolute Gasteiger partial charge is 0.0969 e. The molecule has 0 heterocycles. The van der Waals surface area contributed by atoms with Gasteiger partial charge in [0.25, 0.3) is 0 Å². The highest BCUT2D eigenvalue weighted by molar-refractivity contribution is 6.11. The van der Waals surface area contributed by atoms with Gasteiger partial charge in [-0.2, -0.15) is 0 Å². The molecular formula is C35H30O2. The maximum absolute atomic E-state index is 10.2. The molecule has 3 atom stereocenters. The topological polar surface area (TPSA) is 40.5 Å². The van der Waals surface area contributed by atoms with E-state index in [1.54, 1.807) is 0 Å². The van der Waals surface area contributed by atoms with Gasteiger partial charge >= 0.3 is 0 Å². The molecule has 4 aromatic carbocycles. The maximum atomic E-state index is 10.2. The van der Waals surface area contributed by atoms with Gasteiger partial charge in [-0.3, -0.25) is 0 Å². The van der Waals surface area contributed by atoms with Crippen LogP contribution in [0.1, 0.15) is 51.5 Å². The van der Waals surface area contributed by atoms with Gasteiger partial charge in [-0.15, -0.1) is 13.2 Å². The molecule has 0 aliphatic heterocycles. The molecule has 3 unspecified atom stereocenters. The standard InChI is InChI=1S/C35H30O2/c1-3-32(36)26-19-15-24(16-20-26)30-23-31(25-17-21-27(22-18-25)33(37)4-2)35(29-13-9-6-10-14-29)34(30)28-11-7-5-8-12-28/h3-23,32-34,36-37H,1-2H2. The molecule has 0 saturated carbocycles. The molecule has 1 aliphatic carbocycles. The summed E-state index contributed by atoms with van der Waals surface area (Å²) in [6.07, 6.45) is 3.99. The van der Waals surface area contributed by atoms with E-state index < -0.39 is 12.2 Å². The highest BCUT2D eigenvalue weighted by Gasteiger charge is 2.31. The Bertz CT molecular complexity index is 1440. The van der Waals surface area contributed by atoms with E-state index in [9.17, 15) is 10.2 Å². The molecule has 4 aromatic rings. The first-order valence-corrected chi connectivity index (χ1v) is 12.5. The molecule has 0 aromatic heterocycles. The first-order valence-electron chi connectivity index (χ1n) is 12.5. The summed E-state index contributed by atoms with van der Waals surface area (Å²) >= 11 is 0. The van der Waals surface area contributed by atoms with Crippen LogP contribution < -0.4 is 0 Å². The zero-order chi connectivity index (χ0) is 25.8. The van der Waals surface area contributed by atoms with E-state index >= 15 is 0 Å². The summed E-state index contributed by atoms with van der Waals surface area (Å²) in [6.45, 7) is 7.42. The van der Waals surface area contributed by atoms with Gasteiger partial charge in [0.05, 0.1) is 12.2 Å². The number of hydrogen-bond acceptors (Lipinski definition) is 2. The molecule has 37 heavy (non-hydrogen) atoms. The summed E-state index contributed by atoms with van der Waals surface area (Å²) in [5.74, 6) is 0.0345. The molecule has 0 amide bonds. The molecule has 0 spiro atoms. The number of allylic oxidation sites excluding steroid dienone is 4. The third-order valence-electron chi connectivity index (χ3n) is 7.00. The summed E-state index contributed by atoms with van der Waals surface area (Å²) in [4.78, 5) is 0. The van der Waals surface area contributed by atoms with Crippen molar-refractivity contribution in [1.82, 2.24) is 0 Å². The van der Waals surface area contributed by atoms with Gasteiger partial charge in [0, 0.05) is 5.92 Å². The molecule has 5 rings (SSSR count). The Hall–Kier alpha value is -4.24. The number of aliphatic hydroxyl groups excluding tert-OH is 2. The maximum Gasteiger partial charge on any atom is 0.0969 e. The van der Waals surface area contributed by atoms with Gasteiger partial charge in [-0.05, 0) is 56.2 Å². The molecule has 182 valence electrons. The summed E-state index contributed by atoms with van der Waals surface area (Å²) in [5.41, 5.74) is 9.83. The number of rotatable bonds is 8. The quantitative estimate of drug-likeness (QED) is 0.250. The average Bonchev–Trinajstić information content (AvgIpc) is 3.38. The molecule has 2 heteroatoms. The number of benzene rings is 4. The Morgan fingerprint density at radius 1 is 0.568 bits per heavy atom. The minimum Gasteiger partial charge on any atom is -0.384 e. The lowest BCUT2D eigenvalue weighted by molar-refractivity contribution is 0.229. The van der Waals surface area contributed by atoms with E-state index in [2.05, 4.69) is 92.0 Å². The Morgan fingerprint density at radius 3 is 1.57 bits per heavy atom. The van der Waals surface area contributed by atoms with Crippen molar-refractivity contribution in [2.24, 2.45) is 0 Å². The van der Waals surface area contributed by atoms with Crippen molar-refractivity contribution in [2.45, 2.75) is 18.1 Å². The van der Waals surface area contributed by atoms with Crippen LogP contribution in [0.15, 0.2) is 141 Å². The van der Waals surface area contributed by atoms with Gasteiger partial charge < -0.3 is 10.2 Å². The fraction of sp³-hybridized carbons (Fsp3) is 0.0857. The van der Waals surface area contributed by atoms with Gasteiger partial charge in [-0.1, -0.05) is 121 Å². The van der Waals surface area contributed by atoms with Gasteiger partial charge in [0.15, 0.2) is 0 Å². The van der Waals surface area contributed by atoms with E-state index in [-0.39, 0.29) is 5.92 Å². The second-order valence-corrected chi connectivity index (χ2v) is 9.24. The first kappa shape index (κ1) is 24.5. The third-order valence-corrected chi connectivity index (χ3v) is 7.00. The number of hydrogen-bond donors (Lipinski definition) is 2. The lowest BCUT2D eigenvalue weighted by Gasteiger charge is -2.22. The van der Waals surface area contributed by atoms with Crippen molar-refractivity contribution < 1.29 is 10.2 Å². The monoisotopic (exact) mass is 482 g/mol. The van der Waals surface area contributed by atoms with Crippen molar-refractivity contribution in [1.29, 1.82) is 0 Å². The molecule has 2 nitrogen and oxygen atoms in total. The SMILES string of the molecule is C=CC(O)c1ccc(C2=CC(c3ccc(C(O)C=C)cc3)=C(c3ccccc3)C2c2ccccc2)cc1. The first-order chi connectivity index (χ1) is 18.1. The lowest BCUT2D eigenvalue weighted by Crippen LogP contribution is -2.03. The number of aliphatic hydroxyl groups is 2. The second-order valence-electron chi connectivity index (χ2n) is 9.24. The van der Waals surface area contributed by atoms with Crippen molar-refractivity contribution in [3.8, 4) is 0 Å². The van der Waals surface area contributed by atoms with Crippen LogP contribution >= 0.6 is 0 Å². The molecule has 0 fully saturated rings. The fourth-order valence-electron chi connectivity index (χ4n) is 5.05. The summed E-state index contributed by atoms with van der Waals surface area (Å²) in [6, 6.07) is 37.3. The predicted molar refractivity (Wildman–Crippen MR) is 154 cm³/mol. The zero-order valence-electron chi connectivity index (χ0n) is 20.7. The second kappa shape index (κ2) is 10.8. The molecule has 0 bridgehead atoms. The van der Waals surface area contributed by atoms with Crippen molar-refractivity contribution >= 4 is 16.7 Å². The zero-order valence-corrected chi connectivity index (χ0v) is 20.7. The normalized spacial score (nSPS) is 16.7. The Morgan fingerprint density at radius 2 is 1.05 bits per heavy atom. The minimum atomic E-state index is -0.687. The van der Waals surface area contributed by atoms with E-state index in [1.165, 1.54) is 34.4 Å². The summed E-state index contributed by atoms with van der Waals surface area (Å²) in [7, 11) is 0. The van der Waals surface area contributed by atoms with Crippen LogP contribution in [0.2, 0.25) is 0 Å². The van der Waals surface area contributed by atoms with Crippen LogP contribution in [0, 0.1) is 0 Å². The Balaban J connectivity index is 1.70. The highest BCUT2D eigenvalue weighted by Crippen LogP contribution is 2.52. The van der Waals surface area contributed by atoms with Gasteiger partial charge in [-0.25, -0.2) is 0 Å². The molecule has 0 saturated heterocycles. The fourth-order valence-corrected chi connectivity index (χ4v) is 5.05. The van der Waals surface area contributed by atoms with E-state index in [4.69, 9.17) is 0 Å². The molecular weight excluding hydrogens is 452 g/mol. The van der Waals surface area contributed by atoms with Crippen LogP contribution in [0.25, 0.3) is 16.7 Å². The summed E-state index contributed by atoms with van der Waals surface area (Å²) < 4.78 is 0. The van der Waals surface area contributed by atoms with Crippen molar-refractivity contribution in [2.75, 3.05) is 0 Å². The molecule has 1 aliphatic rings. The van der Waals surface area contributed by atoms with Crippen LogP contribution in [-0.2, 0) is 0 Å².